The Bertz CT molecular complexity index is 1130. The van der Waals surface area contributed by atoms with Gasteiger partial charge >= 0.3 is 5.97 Å². The van der Waals surface area contributed by atoms with E-state index in [1.54, 1.807) is 12.1 Å². The van der Waals surface area contributed by atoms with E-state index in [0.29, 0.717) is 0 Å². The third-order valence-corrected chi connectivity index (χ3v) is 3.70. The maximum atomic E-state index is 12.8. The summed E-state index contributed by atoms with van der Waals surface area (Å²) in [4.78, 5) is 45.9. The van der Waals surface area contributed by atoms with E-state index >= 15 is 0 Å². The van der Waals surface area contributed by atoms with Crippen LogP contribution in [0.1, 0.15) is 26.4 Å². The van der Waals surface area contributed by atoms with E-state index in [1.807, 2.05) is 0 Å². The summed E-state index contributed by atoms with van der Waals surface area (Å²) in [6.45, 7) is 0. The molecule has 8 nitrogen and oxygen atoms in total. The maximum Gasteiger partial charge on any atom is 0.357 e. The fourth-order valence-corrected chi connectivity index (χ4v) is 2.52. The van der Waals surface area contributed by atoms with Crippen LogP contribution in [0, 0.1) is 4.77 Å². The van der Waals surface area contributed by atoms with Crippen LogP contribution in [0.4, 0.5) is 0 Å². The van der Waals surface area contributed by atoms with Crippen molar-refractivity contribution in [1.29, 1.82) is 0 Å². The van der Waals surface area contributed by atoms with Crippen molar-refractivity contribution in [3.63, 3.8) is 0 Å². The molecule has 0 atom stereocenters. The van der Waals surface area contributed by atoms with Gasteiger partial charge in [-0.2, -0.15) is 0 Å². The third-order valence-electron chi connectivity index (χ3n) is 3.50. The van der Waals surface area contributed by atoms with E-state index in [9.17, 15) is 19.5 Å². The topological polar surface area (TPSA) is 125 Å². The van der Waals surface area contributed by atoms with E-state index < -0.39 is 17.3 Å². The number of phenolic OH excluding ortho intramolecular Hbond substituents is 1. The van der Waals surface area contributed by atoms with Crippen LogP contribution < -0.4 is 5.56 Å². The molecule has 0 fully saturated rings. The lowest BCUT2D eigenvalue weighted by Gasteiger charge is -2.09. The van der Waals surface area contributed by atoms with Crippen molar-refractivity contribution in [2.75, 3.05) is 7.11 Å². The molecule has 9 heteroatoms. The Morgan fingerprint density at radius 3 is 2.60 bits per heavy atom. The summed E-state index contributed by atoms with van der Waals surface area (Å²) >= 11 is 4.88. The Hall–Kier alpha value is -3.33. The molecule has 126 valence electrons. The van der Waals surface area contributed by atoms with E-state index in [2.05, 4.69) is 19.7 Å². The Kier molecular flexibility index (Phi) is 4.15. The number of para-hydroxylation sites is 1. The van der Waals surface area contributed by atoms with Gasteiger partial charge in [0.2, 0.25) is 0 Å². The van der Waals surface area contributed by atoms with E-state index in [-0.39, 0.29) is 38.4 Å². The smallest absolute Gasteiger partial charge is 0.357 e. The Morgan fingerprint density at radius 2 is 1.92 bits per heavy atom. The van der Waals surface area contributed by atoms with E-state index in [4.69, 9.17) is 12.2 Å². The van der Waals surface area contributed by atoms with Crippen LogP contribution in [0.3, 0.4) is 0 Å². The molecule has 3 rings (SSSR count). The highest BCUT2D eigenvalue weighted by Crippen LogP contribution is 2.23. The first-order valence-electron chi connectivity index (χ1n) is 7.00. The molecule has 2 aromatic heterocycles. The standard InChI is InChI=1S/C16H11N3O5S/c1-24-15(23)11-8(12(21)7-4-2-3-5-10(7)20)6-9-13(17-11)18-16(25)19-14(9)22/h2-6,20H,1H3,(H2,17,18,19,22,25). The maximum absolute atomic E-state index is 12.8. The molecule has 0 radical (unpaired) electrons. The number of aromatic nitrogens is 3. The third kappa shape index (κ3) is 2.92. The number of hydrogen-bond acceptors (Lipinski definition) is 7. The molecule has 0 saturated heterocycles. The van der Waals surface area contributed by atoms with Crippen molar-refractivity contribution in [1.82, 2.24) is 15.0 Å². The zero-order valence-electron chi connectivity index (χ0n) is 12.8. The second kappa shape index (κ2) is 6.29. The van der Waals surface area contributed by atoms with Crippen LogP contribution in [-0.4, -0.2) is 38.9 Å². The number of esters is 1. The minimum Gasteiger partial charge on any atom is -0.507 e. The van der Waals surface area contributed by atoms with Crippen molar-refractivity contribution in [2.45, 2.75) is 0 Å². The number of ether oxygens (including phenoxy) is 1. The lowest BCUT2D eigenvalue weighted by Crippen LogP contribution is -2.17. The first kappa shape index (κ1) is 16.5. The van der Waals surface area contributed by atoms with Crippen LogP contribution >= 0.6 is 12.2 Å². The largest absolute Gasteiger partial charge is 0.507 e. The second-order valence-electron chi connectivity index (χ2n) is 5.03. The van der Waals surface area contributed by atoms with Crippen molar-refractivity contribution < 1.29 is 19.4 Å². The number of nitrogens with zero attached hydrogens (tertiary/aromatic N) is 1. The molecule has 0 bridgehead atoms. The van der Waals surface area contributed by atoms with E-state index in [1.165, 1.54) is 18.2 Å². The molecule has 1 aromatic carbocycles. The Morgan fingerprint density at radius 1 is 1.20 bits per heavy atom. The van der Waals surface area contributed by atoms with Gasteiger partial charge in [0.25, 0.3) is 5.56 Å². The first-order valence-corrected chi connectivity index (χ1v) is 7.41. The van der Waals surface area contributed by atoms with Crippen LogP contribution in [0.15, 0.2) is 35.1 Å². The summed E-state index contributed by atoms with van der Waals surface area (Å²) in [5.74, 6) is -1.79. The molecule has 3 aromatic rings. The van der Waals surface area contributed by atoms with Crippen LogP contribution in [0.5, 0.6) is 5.75 Å². The predicted molar refractivity (Wildman–Crippen MR) is 90.4 cm³/mol. The number of hydrogen-bond donors (Lipinski definition) is 3. The van der Waals surface area contributed by atoms with Gasteiger partial charge in [-0.3, -0.25) is 14.6 Å². The minimum atomic E-state index is -0.861. The van der Waals surface area contributed by atoms with Crippen molar-refractivity contribution in [2.24, 2.45) is 0 Å². The minimum absolute atomic E-state index is 0.0283. The van der Waals surface area contributed by atoms with E-state index in [0.717, 1.165) is 7.11 Å². The lowest BCUT2D eigenvalue weighted by atomic mass is 10.00. The molecule has 0 aliphatic heterocycles. The average molecular weight is 357 g/mol. The fraction of sp³-hybridized carbons (Fsp3) is 0.0625. The first-order chi connectivity index (χ1) is 11.9. The summed E-state index contributed by atoms with van der Waals surface area (Å²) in [7, 11) is 1.14. The van der Waals surface area contributed by atoms with Gasteiger partial charge in [-0.05, 0) is 30.4 Å². The molecule has 25 heavy (non-hydrogen) atoms. The van der Waals surface area contributed by atoms with Gasteiger partial charge < -0.3 is 14.8 Å². The van der Waals surface area contributed by atoms with Gasteiger partial charge in [0.15, 0.2) is 16.2 Å². The molecule has 2 heterocycles. The van der Waals surface area contributed by atoms with Crippen molar-refractivity contribution >= 4 is 35.0 Å². The number of H-pyrrole nitrogens is 2. The fourth-order valence-electron chi connectivity index (χ4n) is 2.33. The number of aromatic hydroxyl groups is 1. The van der Waals surface area contributed by atoms with Gasteiger partial charge in [0.1, 0.15) is 11.4 Å². The number of methoxy groups -OCH3 is 1. The van der Waals surface area contributed by atoms with Gasteiger partial charge in [-0.25, -0.2) is 9.78 Å². The number of rotatable bonds is 3. The zero-order chi connectivity index (χ0) is 18.1. The Balaban J connectivity index is 2.34. The highest BCUT2D eigenvalue weighted by atomic mass is 32.1. The number of ketones is 1. The van der Waals surface area contributed by atoms with Crippen LogP contribution in [-0.2, 0) is 4.74 Å². The highest BCUT2D eigenvalue weighted by molar-refractivity contribution is 7.71. The van der Waals surface area contributed by atoms with Crippen molar-refractivity contribution in [3.05, 3.63) is 62.3 Å². The molecule has 0 unspecified atom stereocenters. The summed E-state index contributed by atoms with van der Waals surface area (Å²) in [5, 5.41) is 9.93. The number of aromatic amines is 2. The highest BCUT2D eigenvalue weighted by Gasteiger charge is 2.24. The number of nitrogens with one attached hydrogen (secondary N) is 2. The molecular formula is C16H11N3O5S. The molecule has 0 amide bonds. The number of carbonyl (C=O) groups is 2. The molecule has 0 spiro atoms. The number of pyridine rings is 1. The molecule has 0 aliphatic rings. The van der Waals surface area contributed by atoms with Crippen LogP contribution in [0.2, 0.25) is 0 Å². The number of benzene rings is 1. The lowest BCUT2D eigenvalue weighted by molar-refractivity contribution is 0.0591. The Labute approximate surface area is 145 Å². The monoisotopic (exact) mass is 357 g/mol. The normalized spacial score (nSPS) is 10.6. The molecular weight excluding hydrogens is 346 g/mol. The number of carbonyl (C=O) groups excluding carboxylic acids is 2. The van der Waals surface area contributed by atoms with Crippen LogP contribution in [0.25, 0.3) is 11.0 Å². The quantitative estimate of drug-likeness (QED) is 0.370. The van der Waals surface area contributed by atoms with Crippen molar-refractivity contribution in [3.8, 4) is 5.75 Å². The van der Waals surface area contributed by atoms with Gasteiger partial charge in [0, 0.05) is 0 Å². The predicted octanol–water partition coefficient (Wildman–Crippen LogP) is 1.70. The summed E-state index contributed by atoms with van der Waals surface area (Å²) < 4.78 is 4.69. The SMILES string of the molecule is COC(=O)c1nc2[nH]c(=S)[nH]c(=O)c2cc1C(=O)c1ccccc1O. The molecule has 0 aliphatic carbocycles. The average Bonchev–Trinajstić information content (AvgIpc) is 2.59. The summed E-state index contributed by atoms with van der Waals surface area (Å²) in [6, 6.07) is 7.06. The van der Waals surface area contributed by atoms with Gasteiger partial charge in [-0.15, -0.1) is 0 Å². The molecule has 0 saturated carbocycles. The van der Waals surface area contributed by atoms with Gasteiger partial charge in [-0.1, -0.05) is 12.1 Å². The zero-order valence-corrected chi connectivity index (χ0v) is 13.6. The number of fused-ring (bicyclic) bond motifs is 1. The number of phenols is 1. The second-order valence-corrected chi connectivity index (χ2v) is 5.44. The summed E-state index contributed by atoms with van der Waals surface area (Å²) in [5.41, 5.74) is -1.01. The van der Waals surface area contributed by atoms with Gasteiger partial charge in [0.05, 0.1) is 23.6 Å². The summed E-state index contributed by atoms with van der Waals surface area (Å²) in [6.07, 6.45) is 0. The molecule has 3 N–H and O–H groups in total.